The van der Waals surface area contributed by atoms with E-state index in [2.05, 4.69) is 27.5 Å². The first-order valence-corrected chi connectivity index (χ1v) is 14.9. The summed E-state index contributed by atoms with van der Waals surface area (Å²) in [5.41, 5.74) is 4.53. The molecule has 2 aromatic carbocycles. The molecule has 0 bridgehead atoms. The summed E-state index contributed by atoms with van der Waals surface area (Å²) in [6.45, 7) is 7.21. The molecule has 0 atom stereocenters. The minimum absolute atomic E-state index is 0.0998. The second-order valence-electron chi connectivity index (χ2n) is 11.0. The number of H-pyrrole nitrogens is 1. The number of aryl methyl sites for hydroxylation is 2. The number of anilines is 1. The zero-order valence-corrected chi connectivity index (χ0v) is 26.4. The molecule has 0 aliphatic heterocycles. The van der Waals surface area contributed by atoms with Gasteiger partial charge in [-0.25, -0.2) is 14.6 Å². The number of nitrogens with one attached hydrogen (secondary N) is 1. The van der Waals surface area contributed by atoms with Crippen molar-refractivity contribution in [3.05, 3.63) is 99.4 Å². The van der Waals surface area contributed by atoms with Crippen LogP contribution in [0.2, 0.25) is 0 Å². The number of imidazole rings is 1. The van der Waals surface area contributed by atoms with Gasteiger partial charge in [0.05, 0.1) is 0 Å². The number of amides is 1. The minimum atomic E-state index is -0.883. The third kappa shape index (κ3) is 7.04. The molecule has 3 aromatic heterocycles. The number of nitrogens with zero attached hydrogens (tertiary/aromatic N) is 6. The molecule has 1 amide bonds. The molecule has 238 valence electrons. The fourth-order valence-corrected chi connectivity index (χ4v) is 4.95. The molecule has 0 saturated heterocycles. The summed E-state index contributed by atoms with van der Waals surface area (Å²) in [5, 5.41) is 14.4. The minimum Gasteiger partial charge on any atom is -0.453 e. The largest absolute Gasteiger partial charge is 0.519 e. The normalized spacial score (nSPS) is 11.0. The monoisotopic (exact) mass is 625 g/mol. The fourth-order valence-electron chi connectivity index (χ4n) is 4.95. The first-order chi connectivity index (χ1) is 22.2. The molecule has 0 saturated carbocycles. The molecule has 13 heteroatoms. The quantitative estimate of drug-likeness (QED) is 0.143. The van der Waals surface area contributed by atoms with E-state index < -0.39 is 11.8 Å². The van der Waals surface area contributed by atoms with Crippen LogP contribution in [-0.2, 0) is 29.1 Å². The Morgan fingerprint density at radius 2 is 1.80 bits per heavy atom. The number of unbranched alkanes of at least 4 members (excludes halogenated alkanes) is 1. The Labute approximate surface area is 264 Å². The molecule has 0 aliphatic carbocycles. The molecule has 13 nitrogen and oxygen atoms in total. The topological polar surface area (TPSA) is 162 Å². The Bertz CT molecular complexity index is 1910. The number of ether oxygens (including phenoxy) is 1. The van der Waals surface area contributed by atoms with Crippen molar-refractivity contribution < 1.29 is 23.2 Å². The number of aromatic amines is 1. The van der Waals surface area contributed by atoms with Crippen LogP contribution in [0.3, 0.4) is 0 Å². The van der Waals surface area contributed by atoms with Crippen LogP contribution in [0, 0.1) is 6.92 Å². The van der Waals surface area contributed by atoms with Crippen LogP contribution in [-0.4, -0.2) is 49.1 Å². The standard InChI is InChI=1S/C33H35N7O6/c1-6-7-12-27-34-31(39(5)28(41)17-20(2)3)29(32(42)44-19-26-21(4)45-33(43)46-26)40(27)18-22-13-15-23(16-14-22)24-10-8-9-11-25(24)30-35-37-38-36-30/h8-11,13-17H,6-7,12,18-19H2,1-5H3,(H,35,36,37,38). The zero-order chi connectivity index (χ0) is 32.8. The molecule has 0 unspecified atom stereocenters. The van der Waals surface area contributed by atoms with Crippen molar-refractivity contribution in [2.24, 2.45) is 0 Å². The highest BCUT2D eigenvalue weighted by molar-refractivity contribution is 6.05. The van der Waals surface area contributed by atoms with Gasteiger partial charge in [0, 0.05) is 31.7 Å². The fraction of sp³-hybridized carbons (Fsp3) is 0.303. The van der Waals surface area contributed by atoms with Crippen molar-refractivity contribution in [3.63, 3.8) is 0 Å². The number of benzene rings is 2. The molecule has 0 radical (unpaired) electrons. The predicted molar refractivity (Wildman–Crippen MR) is 169 cm³/mol. The second kappa shape index (κ2) is 14.0. The van der Waals surface area contributed by atoms with Gasteiger partial charge in [0.2, 0.25) is 5.82 Å². The van der Waals surface area contributed by atoms with Gasteiger partial charge in [-0.1, -0.05) is 67.4 Å². The maximum atomic E-state index is 13.8. The van der Waals surface area contributed by atoms with E-state index in [1.807, 2.05) is 62.4 Å². The number of carbonyl (C=O) groups excluding carboxylic acids is 2. The van der Waals surface area contributed by atoms with E-state index in [4.69, 9.17) is 18.6 Å². The van der Waals surface area contributed by atoms with Gasteiger partial charge in [-0.15, -0.1) is 10.2 Å². The third-order valence-electron chi connectivity index (χ3n) is 7.32. The van der Waals surface area contributed by atoms with Gasteiger partial charge in [0.1, 0.15) is 5.82 Å². The van der Waals surface area contributed by atoms with Crippen LogP contribution in [0.5, 0.6) is 0 Å². The van der Waals surface area contributed by atoms with Gasteiger partial charge < -0.3 is 18.1 Å². The number of tetrazole rings is 1. The van der Waals surface area contributed by atoms with Gasteiger partial charge in [-0.3, -0.25) is 9.69 Å². The summed E-state index contributed by atoms with van der Waals surface area (Å²) >= 11 is 0. The van der Waals surface area contributed by atoms with E-state index in [9.17, 15) is 14.4 Å². The van der Waals surface area contributed by atoms with Crippen LogP contribution in [0.1, 0.15) is 67.0 Å². The SMILES string of the molecule is CCCCc1nc(N(C)C(=O)C=C(C)C)c(C(=O)OCc2oc(=O)oc2C)n1Cc1ccc(-c2ccccc2-c2nn[nH]n2)cc1. The molecule has 5 rings (SSSR count). The van der Waals surface area contributed by atoms with Crippen molar-refractivity contribution in [2.45, 2.75) is 60.1 Å². The molecule has 46 heavy (non-hydrogen) atoms. The van der Waals surface area contributed by atoms with E-state index >= 15 is 0 Å². The van der Waals surface area contributed by atoms with Crippen molar-refractivity contribution in [1.29, 1.82) is 0 Å². The second-order valence-corrected chi connectivity index (χ2v) is 11.0. The summed E-state index contributed by atoms with van der Waals surface area (Å²) in [6, 6.07) is 15.7. The molecule has 1 N–H and O–H groups in total. The van der Waals surface area contributed by atoms with Gasteiger partial charge in [-0.05, 0) is 49.1 Å². The maximum Gasteiger partial charge on any atom is 0.519 e. The van der Waals surface area contributed by atoms with Gasteiger partial charge in [-0.2, -0.15) is 5.21 Å². The van der Waals surface area contributed by atoms with E-state index in [0.717, 1.165) is 40.7 Å². The van der Waals surface area contributed by atoms with Crippen molar-refractivity contribution in [2.75, 3.05) is 11.9 Å². The Morgan fingerprint density at radius 3 is 2.43 bits per heavy atom. The molecule has 5 aromatic rings. The summed E-state index contributed by atoms with van der Waals surface area (Å²) < 4.78 is 17.3. The summed E-state index contributed by atoms with van der Waals surface area (Å²) in [6.07, 6.45) is 3.78. The lowest BCUT2D eigenvalue weighted by Crippen LogP contribution is -2.27. The van der Waals surface area contributed by atoms with Crippen LogP contribution in [0.4, 0.5) is 5.82 Å². The van der Waals surface area contributed by atoms with Crippen LogP contribution in [0.15, 0.2) is 73.8 Å². The third-order valence-corrected chi connectivity index (χ3v) is 7.32. The van der Waals surface area contributed by atoms with Crippen LogP contribution >= 0.6 is 0 Å². The Hall–Kier alpha value is -5.59. The first kappa shape index (κ1) is 31.8. The first-order valence-electron chi connectivity index (χ1n) is 14.9. The number of likely N-dealkylation sites (N-methyl/N-ethyl adjacent to an activating group) is 1. The average molecular weight is 626 g/mol. The zero-order valence-electron chi connectivity index (χ0n) is 26.4. The average Bonchev–Trinajstić information content (AvgIpc) is 3.78. The van der Waals surface area contributed by atoms with Gasteiger partial charge in [0.15, 0.2) is 29.6 Å². The lowest BCUT2D eigenvalue weighted by atomic mass is 9.98. The summed E-state index contributed by atoms with van der Waals surface area (Å²) in [5.74, 6) is -0.321. The Morgan fingerprint density at radius 1 is 1.07 bits per heavy atom. The van der Waals surface area contributed by atoms with Gasteiger partial charge >= 0.3 is 11.8 Å². The van der Waals surface area contributed by atoms with E-state index in [1.54, 1.807) is 18.5 Å². The van der Waals surface area contributed by atoms with Crippen molar-refractivity contribution in [1.82, 2.24) is 30.2 Å². The van der Waals surface area contributed by atoms with E-state index in [0.29, 0.717) is 18.1 Å². The molecular formula is C33H35N7O6. The van der Waals surface area contributed by atoms with Crippen LogP contribution in [0.25, 0.3) is 22.5 Å². The predicted octanol–water partition coefficient (Wildman–Crippen LogP) is 5.26. The number of carbonyl (C=O) groups is 2. The number of aromatic nitrogens is 6. The lowest BCUT2D eigenvalue weighted by molar-refractivity contribution is -0.114. The number of rotatable bonds is 12. The number of hydrogen-bond acceptors (Lipinski definition) is 10. The molecule has 0 fully saturated rings. The molecule has 0 aliphatic rings. The molecular weight excluding hydrogens is 590 g/mol. The number of hydrogen-bond donors (Lipinski definition) is 1. The Kier molecular flexibility index (Phi) is 9.70. The lowest BCUT2D eigenvalue weighted by Gasteiger charge is -2.16. The Balaban J connectivity index is 1.53. The summed E-state index contributed by atoms with van der Waals surface area (Å²) in [7, 11) is 1.57. The van der Waals surface area contributed by atoms with E-state index in [1.165, 1.54) is 11.0 Å². The molecule has 0 spiro atoms. The highest BCUT2D eigenvalue weighted by atomic mass is 16.6. The molecule has 3 heterocycles. The summed E-state index contributed by atoms with van der Waals surface area (Å²) in [4.78, 5) is 44.6. The smallest absolute Gasteiger partial charge is 0.453 e. The highest BCUT2D eigenvalue weighted by Crippen LogP contribution is 2.31. The number of esters is 1. The maximum absolute atomic E-state index is 13.8. The van der Waals surface area contributed by atoms with Crippen LogP contribution < -0.4 is 10.7 Å². The van der Waals surface area contributed by atoms with E-state index in [-0.39, 0.29) is 42.1 Å². The highest BCUT2D eigenvalue weighted by Gasteiger charge is 2.29. The van der Waals surface area contributed by atoms with Gasteiger partial charge in [0.25, 0.3) is 5.91 Å². The number of allylic oxidation sites excluding steroid dienone is 1. The van der Waals surface area contributed by atoms with Crippen molar-refractivity contribution >= 4 is 17.7 Å². The van der Waals surface area contributed by atoms with Crippen molar-refractivity contribution in [3.8, 4) is 22.5 Å².